The average Bonchev–Trinajstić information content (AvgIpc) is 2.45. The van der Waals surface area contributed by atoms with E-state index in [0.717, 1.165) is 6.04 Å². The van der Waals surface area contributed by atoms with Crippen molar-refractivity contribution in [3.05, 3.63) is 35.4 Å². The fourth-order valence-electron chi connectivity index (χ4n) is 4.28. The van der Waals surface area contributed by atoms with E-state index in [2.05, 4.69) is 43.4 Å². The molecule has 1 aromatic rings. The molecule has 104 valence electrons. The maximum absolute atomic E-state index is 3.93. The summed E-state index contributed by atoms with van der Waals surface area (Å²) in [6.45, 7) is 4.56. The highest BCUT2D eigenvalue weighted by Crippen LogP contribution is 2.52. The molecule has 2 saturated carbocycles. The topological polar surface area (TPSA) is 12.0 Å². The third kappa shape index (κ3) is 2.45. The van der Waals surface area contributed by atoms with E-state index in [-0.39, 0.29) is 0 Å². The Morgan fingerprint density at radius 1 is 1.11 bits per heavy atom. The molecule has 0 amide bonds. The molecule has 2 fully saturated rings. The van der Waals surface area contributed by atoms with E-state index in [1.807, 2.05) is 0 Å². The van der Waals surface area contributed by atoms with Crippen LogP contribution in [0.15, 0.2) is 24.3 Å². The molecule has 1 N–H and O–H groups in total. The molecule has 1 heteroatoms. The van der Waals surface area contributed by atoms with Gasteiger partial charge in [0.2, 0.25) is 0 Å². The van der Waals surface area contributed by atoms with Gasteiger partial charge in [-0.15, -0.1) is 0 Å². The van der Waals surface area contributed by atoms with Gasteiger partial charge in [-0.25, -0.2) is 0 Å². The number of hydrogen-bond donors (Lipinski definition) is 1. The van der Waals surface area contributed by atoms with Crippen LogP contribution >= 0.6 is 0 Å². The zero-order valence-electron chi connectivity index (χ0n) is 12.4. The Balaban J connectivity index is 1.67. The highest BCUT2D eigenvalue weighted by Gasteiger charge is 2.46. The Bertz CT molecular complexity index is 431. The van der Waals surface area contributed by atoms with Crippen LogP contribution in [0.2, 0.25) is 0 Å². The van der Waals surface area contributed by atoms with E-state index in [1.165, 1.54) is 56.1 Å². The number of hydrogen-bond acceptors (Lipinski definition) is 1. The zero-order chi connectivity index (χ0) is 13.3. The zero-order valence-corrected chi connectivity index (χ0v) is 12.4. The van der Waals surface area contributed by atoms with Gasteiger partial charge in [0.05, 0.1) is 0 Å². The fraction of sp³-hybridized carbons (Fsp3) is 0.667. The molecule has 0 radical (unpaired) electrons. The van der Waals surface area contributed by atoms with Gasteiger partial charge < -0.3 is 5.32 Å². The molecule has 1 spiro atoms. The van der Waals surface area contributed by atoms with Gasteiger partial charge in [-0.05, 0) is 56.1 Å². The predicted molar refractivity (Wildman–Crippen MR) is 81.3 cm³/mol. The normalized spacial score (nSPS) is 26.9. The van der Waals surface area contributed by atoms with Gasteiger partial charge >= 0.3 is 0 Å². The summed E-state index contributed by atoms with van der Waals surface area (Å²) < 4.78 is 0. The first kappa shape index (κ1) is 13.2. The van der Waals surface area contributed by atoms with Crippen molar-refractivity contribution < 1.29 is 0 Å². The van der Waals surface area contributed by atoms with Crippen LogP contribution in [0, 0.1) is 12.3 Å². The van der Waals surface area contributed by atoms with Crippen LogP contribution in [0.3, 0.4) is 0 Å². The van der Waals surface area contributed by atoms with Gasteiger partial charge in [-0.3, -0.25) is 0 Å². The van der Waals surface area contributed by atoms with Crippen LogP contribution in [-0.2, 0) is 0 Å². The summed E-state index contributed by atoms with van der Waals surface area (Å²) in [5.74, 6) is 0. The van der Waals surface area contributed by atoms with Crippen LogP contribution in [0.1, 0.15) is 69.0 Å². The van der Waals surface area contributed by atoms with Crippen molar-refractivity contribution in [2.45, 2.75) is 70.9 Å². The van der Waals surface area contributed by atoms with E-state index in [9.17, 15) is 0 Å². The van der Waals surface area contributed by atoms with Crippen LogP contribution in [-0.4, -0.2) is 6.04 Å². The van der Waals surface area contributed by atoms with Gasteiger partial charge in [0.1, 0.15) is 0 Å². The van der Waals surface area contributed by atoms with Crippen molar-refractivity contribution in [2.24, 2.45) is 5.41 Å². The highest BCUT2D eigenvalue weighted by molar-refractivity contribution is 5.28. The first-order valence-corrected chi connectivity index (χ1v) is 8.03. The smallest absolute Gasteiger partial charge is 0.0297 e. The SMILES string of the molecule is Cc1ccccc1C(C)NC1CCC12CCCCC2. The minimum Gasteiger partial charge on any atom is -0.307 e. The number of aryl methyl sites for hydroxylation is 1. The molecular weight excluding hydrogens is 230 g/mol. The summed E-state index contributed by atoms with van der Waals surface area (Å²) >= 11 is 0. The lowest BCUT2D eigenvalue weighted by atomic mass is 9.57. The second-order valence-corrected chi connectivity index (χ2v) is 6.76. The van der Waals surface area contributed by atoms with Crippen molar-refractivity contribution in [3.8, 4) is 0 Å². The third-order valence-electron chi connectivity index (χ3n) is 5.63. The highest BCUT2D eigenvalue weighted by atomic mass is 15.0. The van der Waals surface area contributed by atoms with Gasteiger partial charge in [-0.1, -0.05) is 43.5 Å². The summed E-state index contributed by atoms with van der Waals surface area (Å²) in [4.78, 5) is 0. The quantitative estimate of drug-likeness (QED) is 0.823. The Labute approximate surface area is 117 Å². The minimum atomic E-state index is 0.491. The number of rotatable bonds is 3. The summed E-state index contributed by atoms with van der Waals surface area (Å²) in [6, 6.07) is 10.1. The van der Waals surface area contributed by atoms with Crippen LogP contribution in [0.4, 0.5) is 0 Å². The standard InChI is InChI=1S/C18H27N/c1-14-8-4-5-9-16(14)15(2)19-17-10-13-18(17)11-6-3-7-12-18/h4-5,8-9,15,17,19H,3,6-7,10-13H2,1-2H3. The summed E-state index contributed by atoms with van der Waals surface area (Å²) in [7, 11) is 0. The Morgan fingerprint density at radius 2 is 1.84 bits per heavy atom. The molecule has 0 heterocycles. The first-order valence-electron chi connectivity index (χ1n) is 8.03. The molecule has 1 nitrogen and oxygen atoms in total. The minimum absolute atomic E-state index is 0.491. The lowest BCUT2D eigenvalue weighted by molar-refractivity contribution is 0.0174. The molecule has 2 atom stereocenters. The lowest BCUT2D eigenvalue weighted by Gasteiger charge is -2.53. The molecule has 0 saturated heterocycles. The van der Waals surface area contributed by atoms with E-state index in [1.54, 1.807) is 0 Å². The van der Waals surface area contributed by atoms with E-state index in [0.29, 0.717) is 11.5 Å². The van der Waals surface area contributed by atoms with Crippen molar-refractivity contribution in [1.82, 2.24) is 5.32 Å². The predicted octanol–water partition coefficient (Wildman–Crippen LogP) is 4.76. The largest absolute Gasteiger partial charge is 0.307 e. The maximum Gasteiger partial charge on any atom is 0.0297 e. The van der Waals surface area contributed by atoms with Gasteiger partial charge in [0, 0.05) is 12.1 Å². The van der Waals surface area contributed by atoms with Gasteiger partial charge in [0.15, 0.2) is 0 Å². The van der Waals surface area contributed by atoms with Gasteiger partial charge in [-0.2, -0.15) is 0 Å². The second-order valence-electron chi connectivity index (χ2n) is 6.76. The maximum atomic E-state index is 3.93. The fourth-order valence-corrected chi connectivity index (χ4v) is 4.28. The molecule has 2 unspecified atom stereocenters. The van der Waals surface area contributed by atoms with Crippen molar-refractivity contribution in [2.75, 3.05) is 0 Å². The van der Waals surface area contributed by atoms with Crippen LogP contribution in [0.25, 0.3) is 0 Å². The molecule has 0 aromatic heterocycles. The molecule has 3 rings (SSSR count). The van der Waals surface area contributed by atoms with Crippen LogP contribution in [0.5, 0.6) is 0 Å². The monoisotopic (exact) mass is 257 g/mol. The van der Waals surface area contributed by atoms with E-state index in [4.69, 9.17) is 0 Å². The molecule has 0 bridgehead atoms. The Kier molecular flexibility index (Phi) is 3.66. The molecule has 2 aliphatic rings. The van der Waals surface area contributed by atoms with E-state index >= 15 is 0 Å². The molecule has 19 heavy (non-hydrogen) atoms. The molecule has 1 aromatic carbocycles. The lowest BCUT2D eigenvalue weighted by Crippen LogP contribution is -2.54. The Hall–Kier alpha value is -0.820. The number of benzene rings is 1. The van der Waals surface area contributed by atoms with Crippen molar-refractivity contribution in [1.29, 1.82) is 0 Å². The number of nitrogens with one attached hydrogen (secondary N) is 1. The Morgan fingerprint density at radius 3 is 2.47 bits per heavy atom. The van der Waals surface area contributed by atoms with E-state index < -0.39 is 0 Å². The van der Waals surface area contributed by atoms with Crippen molar-refractivity contribution in [3.63, 3.8) is 0 Å². The first-order chi connectivity index (χ1) is 9.21. The third-order valence-corrected chi connectivity index (χ3v) is 5.63. The molecular formula is C18H27N. The summed E-state index contributed by atoms with van der Waals surface area (Å²) in [5.41, 5.74) is 3.55. The molecule has 2 aliphatic carbocycles. The summed E-state index contributed by atoms with van der Waals surface area (Å²) in [5, 5.41) is 3.93. The van der Waals surface area contributed by atoms with Gasteiger partial charge in [0.25, 0.3) is 0 Å². The summed E-state index contributed by atoms with van der Waals surface area (Å²) in [6.07, 6.45) is 10.1. The average molecular weight is 257 g/mol. The second kappa shape index (κ2) is 5.28. The molecule has 0 aliphatic heterocycles. The van der Waals surface area contributed by atoms with Crippen molar-refractivity contribution >= 4 is 0 Å². The van der Waals surface area contributed by atoms with Crippen LogP contribution < -0.4 is 5.32 Å².